The van der Waals surface area contributed by atoms with Crippen LogP contribution < -0.4 is 5.32 Å². The predicted molar refractivity (Wildman–Crippen MR) is 131 cm³/mol. The van der Waals surface area contributed by atoms with Gasteiger partial charge in [-0.15, -0.1) is 0 Å². The minimum absolute atomic E-state index is 0.163. The summed E-state index contributed by atoms with van der Waals surface area (Å²) in [6, 6.07) is 16.7. The number of aryl methyl sites for hydroxylation is 1. The first kappa shape index (κ1) is 25.0. The van der Waals surface area contributed by atoms with Gasteiger partial charge in [-0.1, -0.05) is 36.4 Å². The number of hydrogen-bond donors (Lipinski definition) is 2. The van der Waals surface area contributed by atoms with E-state index in [2.05, 4.69) is 5.32 Å². The molecule has 4 rings (SSSR count). The molecule has 0 saturated heterocycles. The van der Waals surface area contributed by atoms with Gasteiger partial charge in [0.15, 0.2) is 0 Å². The van der Waals surface area contributed by atoms with Crippen molar-refractivity contribution < 1.29 is 27.9 Å². The fourth-order valence-corrected chi connectivity index (χ4v) is 4.31. The van der Waals surface area contributed by atoms with E-state index in [9.17, 15) is 22.8 Å². The molecule has 0 radical (unpaired) electrons. The summed E-state index contributed by atoms with van der Waals surface area (Å²) in [5.74, 6) is -1.31. The number of aromatic carboxylic acids is 1. The van der Waals surface area contributed by atoms with Crippen LogP contribution in [0.5, 0.6) is 0 Å². The van der Waals surface area contributed by atoms with E-state index in [0.29, 0.717) is 24.1 Å². The molecule has 186 valence electrons. The van der Waals surface area contributed by atoms with Gasteiger partial charge < -0.3 is 15.0 Å². The molecule has 4 aromatic rings. The van der Waals surface area contributed by atoms with Gasteiger partial charge in [0.05, 0.1) is 22.7 Å². The van der Waals surface area contributed by atoms with Gasteiger partial charge in [0.25, 0.3) is 5.91 Å². The molecule has 1 aromatic heterocycles. The summed E-state index contributed by atoms with van der Waals surface area (Å²) in [6.45, 7) is 4.42. The van der Waals surface area contributed by atoms with E-state index in [1.54, 1.807) is 18.3 Å². The maximum absolute atomic E-state index is 13.4. The smallest absolute Gasteiger partial charge is 0.416 e. The minimum atomic E-state index is -4.40. The van der Waals surface area contributed by atoms with Gasteiger partial charge in [0.2, 0.25) is 0 Å². The van der Waals surface area contributed by atoms with Crippen molar-refractivity contribution in [3.8, 4) is 0 Å². The number of carboxylic acid groups (broad SMARTS) is 1. The molecule has 3 aromatic carbocycles. The average molecular weight is 495 g/mol. The second-order valence-electron chi connectivity index (χ2n) is 8.63. The van der Waals surface area contributed by atoms with Crippen LogP contribution in [-0.4, -0.2) is 21.6 Å². The van der Waals surface area contributed by atoms with Crippen molar-refractivity contribution in [1.29, 1.82) is 0 Å². The molecule has 0 fully saturated rings. The number of carbonyl (C=O) groups is 2. The van der Waals surface area contributed by atoms with Crippen molar-refractivity contribution in [2.24, 2.45) is 0 Å². The van der Waals surface area contributed by atoms with Crippen LogP contribution in [0.3, 0.4) is 0 Å². The van der Waals surface area contributed by atoms with E-state index >= 15 is 0 Å². The van der Waals surface area contributed by atoms with E-state index in [1.165, 1.54) is 24.3 Å². The number of aromatic nitrogens is 1. The van der Waals surface area contributed by atoms with Crippen molar-refractivity contribution in [2.45, 2.75) is 39.0 Å². The molecular weight excluding hydrogens is 469 g/mol. The summed E-state index contributed by atoms with van der Waals surface area (Å²) >= 11 is 0. The van der Waals surface area contributed by atoms with Gasteiger partial charge in [-0.2, -0.15) is 13.2 Å². The largest absolute Gasteiger partial charge is 0.478 e. The van der Waals surface area contributed by atoms with Crippen LogP contribution in [0.25, 0.3) is 10.9 Å². The number of carbonyl (C=O) groups excluding carboxylic acids is 1. The Kier molecular flexibility index (Phi) is 6.88. The lowest BCUT2D eigenvalue weighted by Gasteiger charge is -2.15. The van der Waals surface area contributed by atoms with Crippen LogP contribution in [0, 0.1) is 0 Å². The SMILES string of the molecule is CCn1cc(C(=O)N[C@@H](C)c2ccc(C(=O)O)cc2)c2c(Cc3ccc(C(F)(F)F)cc3)cccc21. The third-order valence-corrected chi connectivity index (χ3v) is 6.26. The molecule has 1 amide bonds. The Bertz CT molecular complexity index is 1410. The molecule has 2 N–H and O–H groups in total. The number of rotatable bonds is 7. The zero-order valence-corrected chi connectivity index (χ0v) is 19.8. The number of fused-ring (bicyclic) bond motifs is 1. The topological polar surface area (TPSA) is 71.3 Å². The van der Waals surface area contributed by atoms with E-state index in [4.69, 9.17) is 5.11 Å². The predicted octanol–water partition coefficient (Wildman–Crippen LogP) is 6.46. The second-order valence-corrected chi connectivity index (χ2v) is 8.63. The Morgan fingerprint density at radius 3 is 2.25 bits per heavy atom. The first-order valence-corrected chi connectivity index (χ1v) is 11.5. The lowest BCUT2D eigenvalue weighted by Crippen LogP contribution is -2.26. The molecule has 0 aliphatic heterocycles. The van der Waals surface area contributed by atoms with Crippen LogP contribution in [0.2, 0.25) is 0 Å². The Morgan fingerprint density at radius 1 is 1.00 bits per heavy atom. The lowest BCUT2D eigenvalue weighted by molar-refractivity contribution is -0.137. The molecule has 8 heteroatoms. The van der Waals surface area contributed by atoms with Crippen molar-refractivity contribution >= 4 is 22.8 Å². The molecule has 0 unspecified atom stereocenters. The second kappa shape index (κ2) is 9.89. The van der Waals surface area contributed by atoms with Crippen LogP contribution in [-0.2, 0) is 19.1 Å². The Balaban J connectivity index is 1.65. The molecule has 0 aliphatic carbocycles. The van der Waals surface area contributed by atoms with E-state index < -0.39 is 17.7 Å². The fraction of sp³-hybridized carbons (Fsp3) is 0.214. The van der Waals surface area contributed by atoms with Crippen LogP contribution in [0.15, 0.2) is 72.9 Å². The van der Waals surface area contributed by atoms with Crippen molar-refractivity contribution in [3.05, 3.63) is 106 Å². The van der Waals surface area contributed by atoms with Gasteiger partial charge in [-0.05, 0) is 67.3 Å². The summed E-state index contributed by atoms with van der Waals surface area (Å²) in [5, 5.41) is 12.8. The Hall–Kier alpha value is -4.07. The monoisotopic (exact) mass is 494 g/mol. The maximum atomic E-state index is 13.4. The molecule has 36 heavy (non-hydrogen) atoms. The molecule has 0 spiro atoms. The third-order valence-electron chi connectivity index (χ3n) is 6.26. The first-order valence-electron chi connectivity index (χ1n) is 11.5. The average Bonchev–Trinajstić information content (AvgIpc) is 3.24. The fourth-order valence-electron chi connectivity index (χ4n) is 4.31. The molecule has 0 aliphatic rings. The molecule has 1 atom stereocenters. The molecule has 1 heterocycles. The van der Waals surface area contributed by atoms with E-state index in [1.807, 2.05) is 36.6 Å². The van der Waals surface area contributed by atoms with Crippen molar-refractivity contribution in [3.63, 3.8) is 0 Å². The summed E-state index contributed by atoms with van der Waals surface area (Å²) in [6.07, 6.45) is -2.24. The van der Waals surface area contributed by atoms with Crippen molar-refractivity contribution in [1.82, 2.24) is 9.88 Å². The Labute approximate surface area is 206 Å². The minimum Gasteiger partial charge on any atom is -0.478 e. The highest BCUT2D eigenvalue weighted by molar-refractivity contribution is 6.08. The number of halogens is 3. The quantitative estimate of drug-likeness (QED) is 0.310. The summed E-state index contributed by atoms with van der Waals surface area (Å²) in [4.78, 5) is 24.5. The highest BCUT2D eigenvalue weighted by atomic mass is 19.4. The van der Waals surface area contributed by atoms with Gasteiger partial charge in [-0.3, -0.25) is 4.79 Å². The van der Waals surface area contributed by atoms with E-state index in [-0.39, 0.29) is 17.5 Å². The van der Waals surface area contributed by atoms with Gasteiger partial charge in [-0.25, -0.2) is 4.79 Å². The standard InChI is InChI=1S/C28H25F3N2O3/c1-3-33-16-23(26(34)32-17(2)19-9-11-20(12-10-19)27(35)36)25-21(5-4-6-24(25)33)15-18-7-13-22(14-8-18)28(29,30)31/h4-14,16-17H,3,15H2,1-2H3,(H,32,34)(H,35,36)/t17-/m0/s1. The number of nitrogens with one attached hydrogen (secondary N) is 1. The number of nitrogens with zero attached hydrogens (tertiary/aromatic N) is 1. The normalized spacial score (nSPS) is 12.5. The molecule has 5 nitrogen and oxygen atoms in total. The Morgan fingerprint density at radius 2 is 1.67 bits per heavy atom. The number of benzene rings is 3. The number of alkyl halides is 3. The number of amides is 1. The zero-order chi connectivity index (χ0) is 26.0. The van der Waals surface area contributed by atoms with Gasteiger partial charge in [0.1, 0.15) is 0 Å². The highest BCUT2D eigenvalue weighted by Crippen LogP contribution is 2.31. The van der Waals surface area contributed by atoms with Gasteiger partial charge in [0, 0.05) is 23.6 Å². The zero-order valence-electron chi connectivity index (χ0n) is 19.8. The van der Waals surface area contributed by atoms with Crippen LogP contribution >= 0.6 is 0 Å². The third kappa shape index (κ3) is 5.12. The van der Waals surface area contributed by atoms with E-state index in [0.717, 1.165) is 34.2 Å². The number of carboxylic acids is 1. The molecular formula is C28H25F3N2O3. The summed E-state index contributed by atoms with van der Waals surface area (Å²) in [5.41, 5.74) is 3.11. The van der Waals surface area contributed by atoms with Crippen LogP contribution in [0.1, 0.15) is 62.9 Å². The lowest BCUT2D eigenvalue weighted by atomic mass is 9.98. The summed E-state index contributed by atoms with van der Waals surface area (Å²) < 4.78 is 40.8. The molecule has 0 bridgehead atoms. The van der Waals surface area contributed by atoms with Crippen LogP contribution in [0.4, 0.5) is 13.2 Å². The number of hydrogen-bond acceptors (Lipinski definition) is 2. The maximum Gasteiger partial charge on any atom is 0.416 e. The molecule has 0 saturated carbocycles. The first-order chi connectivity index (χ1) is 17.1. The highest BCUT2D eigenvalue weighted by Gasteiger charge is 2.30. The van der Waals surface area contributed by atoms with Gasteiger partial charge >= 0.3 is 12.1 Å². The summed E-state index contributed by atoms with van der Waals surface area (Å²) in [7, 11) is 0. The van der Waals surface area contributed by atoms with Crippen molar-refractivity contribution in [2.75, 3.05) is 0 Å².